The minimum absolute atomic E-state index is 0. The summed E-state index contributed by atoms with van der Waals surface area (Å²) in [6, 6.07) is 0. The van der Waals surface area contributed by atoms with E-state index in [0.717, 1.165) is 0 Å². The average Bonchev–Trinajstić information content (AvgIpc) is 1.96. The Morgan fingerprint density at radius 3 is 2.64 bits per heavy atom. The fourth-order valence-corrected chi connectivity index (χ4v) is 0.997. The number of halogens is 3. The molecule has 1 saturated heterocycles. The lowest BCUT2D eigenvalue weighted by Crippen LogP contribution is -2.32. The van der Waals surface area contributed by atoms with Gasteiger partial charge in [0.1, 0.15) is 6.10 Å². The minimum atomic E-state index is -2.89. The minimum Gasteiger partial charge on any atom is -0.387 e. The summed E-state index contributed by atoms with van der Waals surface area (Å²) in [6.45, 7) is 0.779. The third kappa shape index (κ3) is 2.89. The van der Waals surface area contributed by atoms with Crippen molar-refractivity contribution in [3.8, 4) is 0 Å². The molecule has 0 radical (unpaired) electrons. The van der Waals surface area contributed by atoms with Crippen molar-refractivity contribution < 1.29 is 13.9 Å². The number of rotatable bonds is 0. The van der Waals surface area contributed by atoms with E-state index in [1.807, 2.05) is 0 Å². The molecule has 0 aromatic rings. The molecule has 0 amide bonds. The number of hydrogen-bond donors (Lipinski definition) is 2. The van der Waals surface area contributed by atoms with Crippen LogP contribution in [0.4, 0.5) is 8.78 Å². The van der Waals surface area contributed by atoms with E-state index in [-0.39, 0.29) is 25.2 Å². The zero-order valence-electron chi connectivity index (χ0n) is 6.02. The number of aliphatic hydroxyl groups is 1. The number of hydrogen-bond acceptors (Lipinski definition) is 2. The van der Waals surface area contributed by atoms with Crippen molar-refractivity contribution in [2.24, 2.45) is 0 Å². The third-order valence-corrected chi connectivity index (χ3v) is 1.72. The number of nitrogens with one attached hydrogen (secondary N) is 1. The first kappa shape index (κ1) is 11.1. The third-order valence-electron chi connectivity index (χ3n) is 1.72. The molecular weight excluding hydrogens is 176 g/mol. The van der Waals surface area contributed by atoms with Gasteiger partial charge < -0.3 is 10.4 Å². The van der Waals surface area contributed by atoms with E-state index in [1.54, 1.807) is 0 Å². The van der Waals surface area contributed by atoms with Gasteiger partial charge in [-0.1, -0.05) is 0 Å². The van der Waals surface area contributed by atoms with E-state index in [0.29, 0.717) is 13.1 Å². The summed E-state index contributed by atoms with van der Waals surface area (Å²) in [5.74, 6) is -2.89. The molecular formula is C6H12ClF2NO. The van der Waals surface area contributed by atoms with Gasteiger partial charge in [0.2, 0.25) is 0 Å². The van der Waals surface area contributed by atoms with Gasteiger partial charge in [0, 0.05) is 13.0 Å². The van der Waals surface area contributed by atoms with Gasteiger partial charge in [0.15, 0.2) is 0 Å². The van der Waals surface area contributed by atoms with Gasteiger partial charge in [-0.05, 0) is 13.0 Å². The zero-order valence-corrected chi connectivity index (χ0v) is 6.83. The number of aliphatic hydroxyl groups excluding tert-OH is 1. The van der Waals surface area contributed by atoms with Gasteiger partial charge in [0.25, 0.3) is 5.92 Å². The van der Waals surface area contributed by atoms with Crippen molar-refractivity contribution in [3.63, 3.8) is 0 Å². The first-order valence-corrected chi connectivity index (χ1v) is 3.39. The predicted octanol–water partition coefficient (Wildman–Crippen LogP) is 0.788. The Kier molecular flexibility index (Phi) is 4.21. The molecule has 0 aromatic heterocycles. The lowest BCUT2D eigenvalue weighted by molar-refractivity contribution is -0.108. The zero-order chi connectivity index (χ0) is 7.61. The molecule has 5 heteroatoms. The van der Waals surface area contributed by atoms with Gasteiger partial charge in [-0.2, -0.15) is 0 Å². The fraction of sp³-hybridized carbons (Fsp3) is 1.00. The van der Waals surface area contributed by atoms with Crippen LogP contribution in [0.1, 0.15) is 12.8 Å². The molecule has 0 saturated carbocycles. The van der Waals surface area contributed by atoms with Crippen LogP contribution >= 0.6 is 12.4 Å². The molecule has 1 aliphatic heterocycles. The van der Waals surface area contributed by atoms with Crippen molar-refractivity contribution in [3.05, 3.63) is 0 Å². The summed E-state index contributed by atoms with van der Waals surface area (Å²) >= 11 is 0. The quantitative estimate of drug-likeness (QED) is 0.588. The first-order chi connectivity index (χ1) is 4.63. The highest BCUT2D eigenvalue weighted by Crippen LogP contribution is 2.25. The maximum Gasteiger partial charge on any atom is 0.274 e. The molecule has 0 spiro atoms. The molecule has 1 heterocycles. The Balaban J connectivity index is 0.000001000. The van der Waals surface area contributed by atoms with E-state index < -0.39 is 12.0 Å². The fourth-order valence-electron chi connectivity index (χ4n) is 0.997. The molecule has 11 heavy (non-hydrogen) atoms. The summed E-state index contributed by atoms with van der Waals surface area (Å²) in [6.07, 6.45) is -1.57. The molecule has 1 atom stereocenters. The maximum atomic E-state index is 12.6. The predicted molar refractivity (Wildman–Crippen MR) is 40.3 cm³/mol. The smallest absolute Gasteiger partial charge is 0.274 e. The van der Waals surface area contributed by atoms with Crippen LogP contribution in [0, 0.1) is 0 Å². The second-order valence-electron chi connectivity index (χ2n) is 2.57. The van der Waals surface area contributed by atoms with Gasteiger partial charge in [-0.25, -0.2) is 8.78 Å². The van der Waals surface area contributed by atoms with Crippen LogP contribution in [0.15, 0.2) is 0 Å². The van der Waals surface area contributed by atoms with Crippen molar-refractivity contribution >= 4 is 12.4 Å². The van der Waals surface area contributed by atoms with Gasteiger partial charge in [-0.15, -0.1) is 12.4 Å². The Bertz CT molecular complexity index is 123. The van der Waals surface area contributed by atoms with E-state index in [2.05, 4.69) is 5.32 Å². The van der Waals surface area contributed by atoms with Gasteiger partial charge >= 0.3 is 0 Å². The highest BCUT2D eigenvalue weighted by molar-refractivity contribution is 5.85. The Hall–Kier alpha value is 0.0700. The van der Waals surface area contributed by atoms with Crippen LogP contribution < -0.4 is 5.32 Å². The molecule has 1 unspecified atom stereocenters. The molecule has 68 valence electrons. The monoisotopic (exact) mass is 187 g/mol. The largest absolute Gasteiger partial charge is 0.387 e. The lowest BCUT2D eigenvalue weighted by atomic mass is 10.1. The number of alkyl halides is 2. The molecule has 2 N–H and O–H groups in total. The standard InChI is InChI=1S/C6H11F2NO.ClH/c7-6(8)2-4-9-3-1-5(6)10;/h5,9-10H,1-4H2;1H. The summed E-state index contributed by atoms with van der Waals surface area (Å²) in [5, 5.41) is 11.6. The second kappa shape index (κ2) is 4.18. The SMILES string of the molecule is Cl.OC1CCNCCC1(F)F. The summed E-state index contributed by atoms with van der Waals surface area (Å²) in [5.41, 5.74) is 0. The topological polar surface area (TPSA) is 32.3 Å². The van der Waals surface area contributed by atoms with E-state index >= 15 is 0 Å². The van der Waals surface area contributed by atoms with E-state index in [4.69, 9.17) is 5.11 Å². The molecule has 0 aliphatic carbocycles. The molecule has 1 aliphatic rings. The Morgan fingerprint density at radius 1 is 1.36 bits per heavy atom. The molecule has 0 bridgehead atoms. The Morgan fingerprint density at radius 2 is 2.00 bits per heavy atom. The molecule has 1 rings (SSSR count). The van der Waals surface area contributed by atoms with Crippen LogP contribution in [0.2, 0.25) is 0 Å². The van der Waals surface area contributed by atoms with Crippen LogP contribution in [0.5, 0.6) is 0 Å². The van der Waals surface area contributed by atoms with Crippen LogP contribution in [-0.4, -0.2) is 30.2 Å². The van der Waals surface area contributed by atoms with Gasteiger partial charge in [-0.3, -0.25) is 0 Å². The average molecular weight is 188 g/mol. The first-order valence-electron chi connectivity index (χ1n) is 3.39. The highest BCUT2D eigenvalue weighted by Gasteiger charge is 2.38. The van der Waals surface area contributed by atoms with Crippen LogP contribution in [0.25, 0.3) is 0 Å². The van der Waals surface area contributed by atoms with E-state index in [9.17, 15) is 8.78 Å². The molecule has 1 fully saturated rings. The molecule has 0 aromatic carbocycles. The van der Waals surface area contributed by atoms with Crippen molar-refractivity contribution in [2.75, 3.05) is 13.1 Å². The van der Waals surface area contributed by atoms with Gasteiger partial charge in [0.05, 0.1) is 0 Å². The van der Waals surface area contributed by atoms with Crippen LogP contribution in [-0.2, 0) is 0 Å². The normalized spacial score (nSPS) is 30.3. The summed E-state index contributed by atoms with van der Waals surface area (Å²) in [7, 11) is 0. The second-order valence-corrected chi connectivity index (χ2v) is 2.57. The summed E-state index contributed by atoms with van der Waals surface area (Å²) < 4.78 is 25.1. The summed E-state index contributed by atoms with van der Waals surface area (Å²) in [4.78, 5) is 0. The van der Waals surface area contributed by atoms with E-state index in [1.165, 1.54) is 0 Å². The molecule has 2 nitrogen and oxygen atoms in total. The highest BCUT2D eigenvalue weighted by atomic mass is 35.5. The maximum absolute atomic E-state index is 12.6. The Labute approximate surface area is 70.4 Å². The van der Waals surface area contributed by atoms with Crippen molar-refractivity contribution in [1.29, 1.82) is 0 Å². The van der Waals surface area contributed by atoms with Crippen molar-refractivity contribution in [2.45, 2.75) is 24.9 Å². The van der Waals surface area contributed by atoms with Crippen molar-refractivity contribution in [1.82, 2.24) is 5.32 Å². The lowest BCUT2D eigenvalue weighted by Gasteiger charge is -2.18. The van der Waals surface area contributed by atoms with Crippen LogP contribution in [0.3, 0.4) is 0 Å².